The van der Waals surface area contributed by atoms with Gasteiger partial charge in [-0.25, -0.2) is 4.98 Å². The number of aliphatic hydroxyl groups is 1. The molecule has 2 aliphatic carbocycles. The lowest BCUT2D eigenvalue weighted by Crippen LogP contribution is -2.27. The minimum Gasteiger partial charge on any atom is -0.490 e. The van der Waals surface area contributed by atoms with Gasteiger partial charge in [-0.15, -0.1) is 11.3 Å². The van der Waals surface area contributed by atoms with Crippen LogP contribution in [0, 0.1) is 11.3 Å². The van der Waals surface area contributed by atoms with Crippen molar-refractivity contribution in [3.8, 4) is 16.5 Å². The van der Waals surface area contributed by atoms with Gasteiger partial charge in [0.2, 0.25) is 5.91 Å². The van der Waals surface area contributed by atoms with Gasteiger partial charge in [-0.1, -0.05) is 24.3 Å². The molecule has 1 heterocycles. The number of allylic oxidation sites excluding steroid dienone is 3. The lowest BCUT2D eigenvalue weighted by Gasteiger charge is -2.19. The van der Waals surface area contributed by atoms with Gasteiger partial charge in [0.05, 0.1) is 29.2 Å². The predicted molar refractivity (Wildman–Crippen MR) is 124 cm³/mol. The lowest BCUT2D eigenvalue weighted by molar-refractivity contribution is -0.122. The standard InChI is InChI=1S/C25H27N3O3S/c1-15(2)31-22-9-6-16(12-17(22)13-26)25-27-14-23(32-25)20-5-3-4-19-18(20)7-8-21(19)28-24(30)10-11-29/h3-5,9,12,14-16,21,29H,6-8,10-11H2,1-2H3,(H,28,30)/t16-,21-/m1/s1. The SMILES string of the molecule is CC(C)OC1=CC[C@@H](c2ncc(-c3cccc4c3CC[C@H]4NC(=O)CCO)s2)C=C1C#N. The zero-order chi connectivity index (χ0) is 22.7. The van der Waals surface area contributed by atoms with Crippen molar-refractivity contribution < 1.29 is 14.6 Å². The van der Waals surface area contributed by atoms with E-state index in [4.69, 9.17) is 9.84 Å². The predicted octanol–water partition coefficient (Wildman–Crippen LogP) is 4.54. The molecule has 0 aliphatic heterocycles. The highest BCUT2D eigenvalue weighted by Crippen LogP contribution is 2.41. The number of carbonyl (C=O) groups excluding carboxylic acids is 1. The largest absolute Gasteiger partial charge is 0.490 e. The Kier molecular flexibility index (Phi) is 6.73. The molecular formula is C25H27N3O3S. The molecule has 2 aliphatic rings. The van der Waals surface area contributed by atoms with Crippen LogP contribution in [0.4, 0.5) is 0 Å². The van der Waals surface area contributed by atoms with Crippen LogP contribution in [0.15, 0.2) is 47.9 Å². The molecule has 0 radical (unpaired) electrons. The number of hydrogen-bond acceptors (Lipinski definition) is 6. The monoisotopic (exact) mass is 449 g/mol. The van der Waals surface area contributed by atoms with Gasteiger partial charge >= 0.3 is 0 Å². The Labute approximate surface area is 192 Å². The first-order valence-electron chi connectivity index (χ1n) is 11.0. The number of thiazole rings is 1. The molecule has 2 aromatic rings. The van der Waals surface area contributed by atoms with Gasteiger partial charge in [-0.2, -0.15) is 5.26 Å². The summed E-state index contributed by atoms with van der Waals surface area (Å²) >= 11 is 1.65. The molecule has 1 aromatic heterocycles. The van der Waals surface area contributed by atoms with Gasteiger partial charge in [0.1, 0.15) is 16.8 Å². The van der Waals surface area contributed by atoms with Crippen molar-refractivity contribution in [2.75, 3.05) is 6.61 Å². The van der Waals surface area contributed by atoms with Crippen molar-refractivity contribution in [3.05, 3.63) is 64.0 Å². The molecule has 7 heteroatoms. The minimum atomic E-state index is -0.140. The molecule has 0 bridgehead atoms. The molecule has 0 fully saturated rings. The Morgan fingerprint density at radius 3 is 3.03 bits per heavy atom. The fourth-order valence-electron chi connectivity index (χ4n) is 4.31. The summed E-state index contributed by atoms with van der Waals surface area (Å²) in [7, 11) is 0. The molecule has 0 saturated heterocycles. The van der Waals surface area contributed by atoms with E-state index < -0.39 is 0 Å². The second kappa shape index (κ2) is 9.68. The van der Waals surface area contributed by atoms with Crippen molar-refractivity contribution in [2.45, 2.75) is 57.6 Å². The number of ether oxygens (including phenoxy) is 1. The van der Waals surface area contributed by atoms with Crippen LogP contribution in [0.5, 0.6) is 0 Å². The quantitative estimate of drug-likeness (QED) is 0.647. The van der Waals surface area contributed by atoms with Crippen LogP contribution in [-0.2, 0) is 16.0 Å². The number of aromatic nitrogens is 1. The fraction of sp³-hybridized carbons (Fsp3) is 0.400. The normalized spacial score (nSPS) is 19.7. The highest BCUT2D eigenvalue weighted by atomic mass is 32.1. The number of nitriles is 1. The Morgan fingerprint density at radius 2 is 2.28 bits per heavy atom. The van der Waals surface area contributed by atoms with Gasteiger partial charge in [0.25, 0.3) is 0 Å². The van der Waals surface area contributed by atoms with E-state index in [1.54, 1.807) is 11.3 Å². The maximum absolute atomic E-state index is 12.0. The van der Waals surface area contributed by atoms with E-state index in [1.165, 1.54) is 5.56 Å². The topological polar surface area (TPSA) is 95.2 Å². The maximum Gasteiger partial charge on any atom is 0.222 e. The van der Waals surface area contributed by atoms with Gasteiger partial charge in [0, 0.05) is 18.5 Å². The Bertz CT molecular complexity index is 1110. The zero-order valence-electron chi connectivity index (χ0n) is 18.3. The molecule has 0 saturated carbocycles. The molecule has 0 unspecified atom stereocenters. The van der Waals surface area contributed by atoms with Crippen molar-refractivity contribution in [1.82, 2.24) is 10.3 Å². The second-order valence-electron chi connectivity index (χ2n) is 8.34. The first-order chi connectivity index (χ1) is 15.5. The summed E-state index contributed by atoms with van der Waals surface area (Å²) in [5, 5.41) is 22.6. The fourth-order valence-corrected chi connectivity index (χ4v) is 5.37. The Balaban J connectivity index is 1.55. The number of benzene rings is 1. The summed E-state index contributed by atoms with van der Waals surface area (Å²) in [6, 6.07) is 8.45. The summed E-state index contributed by atoms with van der Waals surface area (Å²) < 4.78 is 5.77. The number of amides is 1. The van der Waals surface area contributed by atoms with Crippen molar-refractivity contribution in [3.63, 3.8) is 0 Å². The Morgan fingerprint density at radius 1 is 1.44 bits per heavy atom. The highest BCUT2D eigenvalue weighted by molar-refractivity contribution is 7.15. The highest BCUT2D eigenvalue weighted by Gasteiger charge is 2.27. The first-order valence-corrected chi connectivity index (χ1v) is 11.8. The number of aliphatic hydroxyl groups excluding tert-OH is 1. The van der Waals surface area contributed by atoms with Crippen LogP contribution in [-0.4, -0.2) is 28.7 Å². The lowest BCUT2D eigenvalue weighted by atomic mass is 9.96. The number of nitrogens with one attached hydrogen (secondary N) is 1. The van der Waals surface area contributed by atoms with Crippen molar-refractivity contribution in [1.29, 1.82) is 5.26 Å². The molecule has 0 spiro atoms. The van der Waals surface area contributed by atoms with Crippen LogP contribution in [0.1, 0.15) is 61.2 Å². The first kappa shape index (κ1) is 22.3. The average Bonchev–Trinajstić information content (AvgIpc) is 3.41. The van der Waals surface area contributed by atoms with E-state index in [9.17, 15) is 10.1 Å². The van der Waals surface area contributed by atoms with Crippen molar-refractivity contribution in [2.24, 2.45) is 0 Å². The van der Waals surface area contributed by atoms with Crippen LogP contribution in [0.3, 0.4) is 0 Å². The van der Waals surface area contributed by atoms with Gasteiger partial charge in [-0.3, -0.25) is 4.79 Å². The second-order valence-corrected chi connectivity index (χ2v) is 9.40. The van der Waals surface area contributed by atoms with Crippen molar-refractivity contribution >= 4 is 17.2 Å². The number of hydrogen-bond donors (Lipinski definition) is 2. The van der Waals surface area contributed by atoms with E-state index in [0.29, 0.717) is 11.3 Å². The summed E-state index contributed by atoms with van der Waals surface area (Å²) in [5.74, 6) is 0.595. The van der Waals surface area contributed by atoms with E-state index in [0.717, 1.165) is 40.3 Å². The van der Waals surface area contributed by atoms with Gasteiger partial charge in [-0.05, 0) is 55.9 Å². The number of rotatable bonds is 7. The van der Waals surface area contributed by atoms with Crippen LogP contribution in [0.25, 0.3) is 10.4 Å². The van der Waals surface area contributed by atoms with Crippen LogP contribution < -0.4 is 5.32 Å². The maximum atomic E-state index is 12.0. The summed E-state index contributed by atoms with van der Waals surface area (Å²) in [4.78, 5) is 17.7. The molecule has 1 amide bonds. The molecule has 166 valence electrons. The molecule has 2 atom stereocenters. The molecule has 32 heavy (non-hydrogen) atoms. The smallest absolute Gasteiger partial charge is 0.222 e. The number of nitrogens with zero attached hydrogens (tertiary/aromatic N) is 2. The van der Waals surface area contributed by atoms with Gasteiger partial charge < -0.3 is 15.2 Å². The molecule has 2 N–H and O–H groups in total. The summed E-state index contributed by atoms with van der Waals surface area (Å²) in [6.07, 6.45) is 8.52. The molecule has 4 rings (SSSR count). The number of carbonyl (C=O) groups is 1. The third kappa shape index (κ3) is 4.62. The van der Waals surface area contributed by atoms with E-state index in [-0.39, 0.29) is 37.0 Å². The van der Waals surface area contributed by atoms with Gasteiger partial charge in [0.15, 0.2) is 0 Å². The molecule has 6 nitrogen and oxygen atoms in total. The third-order valence-corrected chi connectivity index (χ3v) is 6.89. The molecule has 1 aromatic carbocycles. The zero-order valence-corrected chi connectivity index (χ0v) is 19.1. The summed E-state index contributed by atoms with van der Waals surface area (Å²) in [6.45, 7) is 3.77. The van der Waals surface area contributed by atoms with Crippen LogP contribution >= 0.6 is 11.3 Å². The minimum absolute atomic E-state index is 0.0135. The number of fused-ring (bicyclic) bond motifs is 1. The Hall–Kier alpha value is -2.95. The van der Waals surface area contributed by atoms with E-state index in [2.05, 4.69) is 28.5 Å². The van der Waals surface area contributed by atoms with Crippen LogP contribution in [0.2, 0.25) is 0 Å². The van der Waals surface area contributed by atoms with E-state index in [1.807, 2.05) is 38.3 Å². The average molecular weight is 450 g/mol. The third-order valence-electron chi connectivity index (χ3n) is 5.72. The van der Waals surface area contributed by atoms with E-state index >= 15 is 0 Å². The molecular weight excluding hydrogens is 422 g/mol. The summed E-state index contributed by atoms with van der Waals surface area (Å²) in [5.41, 5.74) is 4.12.